The number of aryl methyl sites for hydroxylation is 2. The van der Waals surface area contributed by atoms with Crippen molar-refractivity contribution in [3.8, 4) is 0 Å². The molecule has 0 spiro atoms. The number of rotatable bonds is 5. The van der Waals surface area contributed by atoms with Crippen molar-refractivity contribution in [2.45, 2.75) is 31.3 Å². The first-order chi connectivity index (χ1) is 13.9. The summed E-state index contributed by atoms with van der Waals surface area (Å²) in [5.41, 5.74) is 2.46. The fraction of sp³-hybridized carbons (Fsp3) is 0.190. The van der Waals surface area contributed by atoms with Crippen molar-refractivity contribution < 1.29 is 4.39 Å². The topological polar surface area (TPSA) is 47.8 Å². The lowest BCUT2D eigenvalue weighted by Gasteiger charge is -2.12. The standard InChI is InChI=1S/C21H17ClFN3OS2/c1-12-13(2)29-19-18(12)20(27)26(10-16-5-3-4-8-24-16)21(25-19)28-11-14-6-7-15(23)9-17(14)22/h3-9H,10-11H2,1-2H3. The third-order valence-corrected chi connectivity index (χ3v) is 7.15. The summed E-state index contributed by atoms with van der Waals surface area (Å²) >= 11 is 9.09. The molecule has 0 fully saturated rings. The van der Waals surface area contributed by atoms with Crippen LogP contribution in [0.3, 0.4) is 0 Å². The lowest BCUT2D eigenvalue weighted by molar-refractivity contribution is 0.627. The van der Waals surface area contributed by atoms with Crippen LogP contribution in [-0.2, 0) is 12.3 Å². The Bertz CT molecular complexity index is 1250. The third kappa shape index (κ3) is 4.08. The summed E-state index contributed by atoms with van der Waals surface area (Å²) < 4.78 is 15.0. The number of benzene rings is 1. The predicted molar refractivity (Wildman–Crippen MR) is 118 cm³/mol. The smallest absolute Gasteiger partial charge is 0.263 e. The van der Waals surface area contributed by atoms with Gasteiger partial charge in [-0.05, 0) is 49.2 Å². The van der Waals surface area contributed by atoms with Crippen LogP contribution < -0.4 is 5.56 Å². The molecular weight excluding hydrogens is 429 g/mol. The van der Waals surface area contributed by atoms with Gasteiger partial charge in [-0.1, -0.05) is 35.5 Å². The zero-order valence-corrected chi connectivity index (χ0v) is 18.2. The summed E-state index contributed by atoms with van der Waals surface area (Å²) in [7, 11) is 0. The first-order valence-electron chi connectivity index (χ1n) is 8.91. The van der Waals surface area contributed by atoms with E-state index in [2.05, 4.69) is 4.98 Å². The molecule has 148 valence electrons. The second-order valence-corrected chi connectivity index (χ2v) is 9.15. The fourth-order valence-electron chi connectivity index (χ4n) is 2.99. The molecule has 4 aromatic rings. The van der Waals surface area contributed by atoms with Crippen molar-refractivity contribution >= 4 is 44.9 Å². The number of halogens is 2. The van der Waals surface area contributed by atoms with Crippen molar-refractivity contribution in [2.24, 2.45) is 0 Å². The van der Waals surface area contributed by atoms with E-state index in [1.54, 1.807) is 16.8 Å². The zero-order valence-electron chi connectivity index (χ0n) is 15.8. The van der Waals surface area contributed by atoms with Gasteiger partial charge in [-0.2, -0.15) is 0 Å². The van der Waals surface area contributed by atoms with Crippen molar-refractivity contribution in [1.82, 2.24) is 14.5 Å². The van der Waals surface area contributed by atoms with Crippen LogP contribution in [0, 0.1) is 19.7 Å². The van der Waals surface area contributed by atoms with Gasteiger partial charge in [0.25, 0.3) is 5.56 Å². The minimum absolute atomic E-state index is 0.0739. The molecule has 3 aromatic heterocycles. The normalized spacial score (nSPS) is 11.3. The third-order valence-electron chi connectivity index (χ3n) is 4.67. The maximum atomic E-state index is 13.3. The number of nitrogens with zero attached hydrogens (tertiary/aromatic N) is 3. The van der Waals surface area contributed by atoms with Crippen LogP contribution in [0.25, 0.3) is 10.2 Å². The number of thiophene rings is 1. The Morgan fingerprint density at radius 2 is 2.07 bits per heavy atom. The highest BCUT2D eigenvalue weighted by molar-refractivity contribution is 7.98. The number of hydrogen-bond acceptors (Lipinski definition) is 5. The monoisotopic (exact) mass is 445 g/mol. The molecule has 4 rings (SSSR count). The van der Waals surface area contributed by atoms with Gasteiger partial charge in [-0.3, -0.25) is 14.3 Å². The van der Waals surface area contributed by atoms with Crippen molar-refractivity contribution in [1.29, 1.82) is 0 Å². The molecule has 0 unspecified atom stereocenters. The molecule has 0 N–H and O–H groups in total. The largest absolute Gasteiger partial charge is 0.281 e. The molecular formula is C21H17ClFN3OS2. The molecule has 3 heterocycles. The van der Waals surface area contributed by atoms with E-state index in [9.17, 15) is 9.18 Å². The Morgan fingerprint density at radius 1 is 1.24 bits per heavy atom. The van der Waals surface area contributed by atoms with Crippen molar-refractivity contribution in [3.05, 3.63) is 85.5 Å². The number of pyridine rings is 1. The highest BCUT2D eigenvalue weighted by Gasteiger charge is 2.18. The molecule has 0 atom stereocenters. The van der Waals surface area contributed by atoms with Crippen molar-refractivity contribution in [3.63, 3.8) is 0 Å². The first-order valence-corrected chi connectivity index (χ1v) is 11.1. The molecule has 0 amide bonds. The number of hydrogen-bond donors (Lipinski definition) is 0. The molecule has 0 aliphatic rings. The van der Waals surface area contributed by atoms with Gasteiger partial charge in [-0.25, -0.2) is 9.37 Å². The average molecular weight is 446 g/mol. The highest BCUT2D eigenvalue weighted by atomic mass is 35.5. The Labute approximate surface area is 180 Å². The molecule has 0 bridgehead atoms. The molecule has 0 radical (unpaired) electrons. The molecule has 29 heavy (non-hydrogen) atoms. The van der Waals surface area contributed by atoms with E-state index in [0.29, 0.717) is 27.9 Å². The minimum atomic E-state index is -0.375. The lowest BCUT2D eigenvalue weighted by atomic mass is 10.2. The van der Waals surface area contributed by atoms with Gasteiger partial charge in [-0.15, -0.1) is 11.3 Å². The van der Waals surface area contributed by atoms with Gasteiger partial charge in [0, 0.05) is 21.8 Å². The Balaban J connectivity index is 1.78. The van der Waals surface area contributed by atoms with Gasteiger partial charge < -0.3 is 0 Å². The lowest BCUT2D eigenvalue weighted by Crippen LogP contribution is -2.24. The SMILES string of the molecule is Cc1sc2nc(SCc3ccc(F)cc3Cl)n(Cc3ccccn3)c(=O)c2c1C. The summed E-state index contributed by atoms with van der Waals surface area (Å²) in [5.74, 6) is 0.0997. The van der Waals surface area contributed by atoms with Gasteiger partial charge in [0.1, 0.15) is 10.6 Å². The minimum Gasteiger partial charge on any atom is -0.281 e. The van der Waals surface area contributed by atoms with Gasteiger partial charge in [0.05, 0.1) is 17.6 Å². The second kappa shape index (κ2) is 8.26. The predicted octanol–water partition coefficient (Wildman–Crippen LogP) is 5.60. The molecule has 0 saturated carbocycles. The Hall–Kier alpha value is -2.22. The van der Waals surface area contributed by atoms with E-state index in [1.165, 1.54) is 35.2 Å². The molecule has 0 saturated heterocycles. The number of aromatic nitrogens is 3. The molecule has 0 aliphatic carbocycles. The van der Waals surface area contributed by atoms with Gasteiger partial charge in [0.2, 0.25) is 0 Å². The van der Waals surface area contributed by atoms with Crippen LogP contribution >= 0.6 is 34.7 Å². The van der Waals surface area contributed by atoms with E-state index in [1.807, 2.05) is 32.0 Å². The maximum absolute atomic E-state index is 13.3. The summed E-state index contributed by atoms with van der Waals surface area (Å²) in [6, 6.07) is 9.95. The first kappa shape index (κ1) is 20.1. The maximum Gasteiger partial charge on any atom is 0.263 e. The number of thioether (sulfide) groups is 1. The Kier molecular flexibility index (Phi) is 5.72. The Morgan fingerprint density at radius 3 is 2.79 bits per heavy atom. The average Bonchev–Trinajstić information content (AvgIpc) is 2.98. The molecule has 8 heteroatoms. The van der Waals surface area contributed by atoms with E-state index in [0.717, 1.165) is 26.5 Å². The van der Waals surface area contributed by atoms with Crippen LogP contribution in [0.1, 0.15) is 21.7 Å². The molecule has 1 aromatic carbocycles. The zero-order chi connectivity index (χ0) is 20.5. The van der Waals surface area contributed by atoms with E-state index in [-0.39, 0.29) is 11.4 Å². The summed E-state index contributed by atoms with van der Waals surface area (Å²) in [5, 5.41) is 1.61. The van der Waals surface area contributed by atoms with E-state index in [4.69, 9.17) is 16.6 Å². The summed E-state index contributed by atoms with van der Waals surface area (Å²) in [6.07, 6.45) is 1.71. The fourth-order valence-corrected chi connectivity index (χ4v) is 5.38. The van der Waals surface area contributed by atoms with E-state index < -0.39 is 0 Å². The number of fused-ring (bicyclic) bond motifs is 1. The van der Waals surface area contributed by atoms with Crippen LogP contribution in [0.5, 0.6) is 0 Å². The second-order valence-electron chi connectivity index (χ2n) is 6.59. The van der Waals surface area contributed by atoms with Gasteiger partial charge in [0.15, 0.2) is 5.16 Å². The summed E-state index contributed by atoms with van der Waals surface area (Å²) in [4.78, 5) is 24.3. The molecule has 0 aliphatic heterocycles. The summed E-state index contributed by atoms with van der Waals surface area (Å²) in [6.45, 7) is 4.28. The highest BCUT2D eigenvalue weighted by Crippen LogP contribution is 2.31. The van der Waals surface area contributed by atoms with Crippen LogP contribution in [0.2, 0.25) is 5.02 Å². The van der Waals surface area contributed by atoms with E-state index >= 15 is 0 Å². The molecule has 4 nitrogen and oxygen atoms in total. The van der Waals surface area contributed by atoms with Crippen LogP contribution in [0.15, 0.2) is 52.5 Å². The van der Waals surface area contributed by atoms with Crippen LogP contribution in [-0.4, -0.2) is 14.5 Å². The van der Waals surface area contributed by atoms with Crippen molar-refractivity contribution in [2.75, 3.05) is 0 Å². The van der Waals surface area contributed by atoms with Gasteiger partial charge >= 0.3 is 0 Å². The quantitative estimate of drug-likeness (QED) is 0.296. The van der Waals surface area contributed by atoms with Crippen LogP contribution in [0.4, 0.5) is 4.39 Å².